The van der Waals surface area contributed by atoms with Gasteiger partial charge in [-0.3, -0.25) is 14.8 Å². The molecule has 0 saturated heterocycles. The van der Waals surface area contributed by atoms with E-state index in [1.54, 1.807) is 0 Å². The summed E-state index contributed by atoms with van der Waals surface area (Å²) in [4.78, 5) is 12.1. The van der Waals surface area contributed by atoms with Crippen molar-refractivity contribution in [3.05, 3.63) is 17.0 Å². The first-order chi connectivity index (χ1) is 9.75. The third kappa shape index (κ3) is 4.06. The maximum atomic E-state index is 12.1. The highest BCUT2D eigenvalue weighted by Crippen LogP contribution is 2.18. The highest BCUT2D eigenvalue weighted by Gasteiger charge is 2.34. The molecule has 120 valence electrons. The molecule has 1 aromatic heterocycles. The van der Waals surface area contributed by atoms with Gasteiger partial charge in [-0.25, -0.2) is 0 Å². The number of nitrogens with zero attached hydrogens (tertiary/aromatic N) is 2. The molecule has 0 saturated carbocycles. The summed E-state index contributed by atoms with van der Waals surface area (Å²) in [7, 11) is 1.43. The van der Waals surface area contributed by atoms with Gasteiger partial charge in [0.2, 0.25) is 0 Å². The van der Waals surface area contributed by atoms with Gasteiger partial charge in [-0.15, -0.1) is 0 Å². The predicted molar refractivity (Wildman–Crippen MR) is 84.4 cm³/mol. The molecule has 1 rings (SSSR count). The lowest BCUT2D eigenvalue weighted by atomic mass is 9.96. The molecule has 1 aromatic rings. The highest BCUT2D eigenvalue weighted by molar-refractivity contribution is 5.80. The van der Waals surface area contributed by atoms with Crippen LogP contribution in [0, 0.1) is 13.8 Å². The molecule has 21 heavy (non-hydrogen) atoms. The molecule has 0 aromatic carbocycles. The second-order valence-corrected chi connectivity index (χ2v) is 6.10. The Hall–Kier alpha value is -1.36. The van der Waals surface area contributed by atoms with Crippen LogP contribution >= 0.6 is 0 Å². The van der Waals surface area contributed by atoms with Crippen LogP contribution in [0.5, 0.6) is 0 Å². The summed E-state index contributed by atoms with van der Waals surface area (Å²) >= 11 is 0. The molecule has 0 aliphatic rings. The second-order valence-electron chi connectivity index (χ2n) is 6.10. The number of hydrogen-bond donors (Lipinski definition) is 1. The maximum Gasteiger partial charge on any atom is 0.325 e. The van der Waals surface area contributed by atoms with Gasteiger partial charge in [-0.2, -0.15) is 5.10 Å². The maximum absolute atomic E-state index is 12.1. The van der Waals surface area contributed by atoms with Gasteiger partial charge in [0, 0.05) is 18.3 Å². The molecular weight excluding hydrogens is 266 g/mol. The summed E-state index contributed by atoms with van der Waals surface area (Å²) < 4.78 is 6.95. The highest BCUT2D eigenvalue weighted by atomic mass is 16.5. The quantitative estimate of drug-likeness (QED) is 0.785. The number of aryl methyl sites for hydroxylation is 2. The van der Waals surface area contributed by atoms with Crippen LogP contribution in [0.4, 0.5) is 0 Å². The van der Waals surface area contributed by atoms with Gasteiger partial charge in [0.05, 0.1) is 12.8 Å². The van der Waals surface area contributed by atoms with E-state index in [2.05, 4.69) is 24.3 Å². The number of aromatic nitrogens is 2. The molecule has 1 N–H and O–H groups in total. The van der Waals surface area contributed by atoms with Crippen molar-refractivity contribution in [1.29, 1.82) is 0 Å². The normalized spacial score (nSPS) is 14.3. The Morgan fingerprint density at radius 3 is 2.48 bits per heavy atom. The van der Waals surface area contributed by atoms with Gasteiger partial charge in [-0.1, -0.05) is 6.92 Å². The minimum atomic E-state index is -0.693. The monoisotopic (exact) mass is 295 g/mol. The van der Waals surface area contributed by atoms with Gasteiger partial charge in [0.25, 0.3) is 0 Å². The molecule has 0 fully saturated rings. The Morgan fingerprint density at radius 1 is 1.43 bits per heavy atom. The standard InChI is InChI=1S/C16H29N3O2/c1-8-14-12(4)18-19(13(14)5)10-9-16(6,15(20)21-7)17-11(2)3/h11,17H,8-10H2,1-7H3. The van der Waals surface area contributed by atoms with Gasteiger partial charge in [0.15, 0.2) is 0 Å². The van der Waals surface area contributed by atoms with Crippen molar-refractivity contribution in [3.63, 3.8) is 0 Å². The number of esters is 1. The van der Waals surface area contributed by atoms with Crippen LogP contribution in [0.15, 0.2) is 0 Å². The summed E-state index contributed by atoms with van der Waals surface area (Å²) in [5.41, 5.74) is 2.87. The third-order valence-corrected chi connectivity index (χ3v) is 3.95. The molecule has 1 unspecified atom stereocenters. The second kappa shape index (κ2) is 7.07. The van der Waals surface area contributed by atoms with E-state index in [0.29, 0.717) is 13.0 Å². The lowest BCUT2D eigenvalue weighted by Gasteiger charge is -2.30. The molecule has 5 heteroatoms. The number of nitrogens with one attached hydrogen (secondary N) is 1. The molecule has 5 nitrogen and oxygen atoms in total. The van der Waals surface area contributed by atoms with Crippen LogP contribution in [0.2, 0.25) is 0 Å². The average Bonchev–Trinajstić information content (AvgIpc) is 2.69. The molecule has 1 heterocycles. The van der Waals surface area contributed by atoms with E-state index in [-0.39, 0.29) is 12.0 Å². The SMILES string of the molecule is CCc1c(C)nn(CCC(C)(NC(C)C)C(=O)OC)c1C. The minimum absolute atomic E-state index is 0.209. The fourth-order valence-electron chi connectivity index (χ4n) is 2.89. The Bertz CT molecular complexity index is 494. The first-order valence-electron chi connectivity index (χ1n) is 7.64. The zero-order chi connectivity index (χ0) is 16.2. The van der Waals surface area contributed by atoms with Gasteiger partial charge >= 0.3 is 5.97 Å². The molecule has 0 aliphatic heterocycles. The Morgan fingerprint density at radius 2 is 2.05 bits per heavy atom. The van der Waals surface area contributed by atoms with E-state index >= 15 is 0 Å². The molecule has 0 bridgehead atoms. The van der Waals surface area contributed by atoms with Crippen molar-refractivity contribution >= 4 is 5.97 Å². The van der Waals surface area contributed by atoms with Gasteiger partial charge < -0.3 is 4.74 Å². The van der Waals surface area contributed by atoms with E-state index in [0.717, 1.165) is 12.1 Å². The number of carbonyl (C=O) groups excluding carboxylic acids is 1. The molecule has 0 amide bonds. The summed E-state index contributed by atoms with van der Waals surface area (Å²) in [6, 6.07) is 0.209. The smallest absolute Gasteiger partial charge is 0.325 e. The fraction of sp³-hybridized carbons (Fsp3) is 0.750. The number of methoxy groups -OCH3 is 1. The number of rotatable bonds is 7. The van der Waals surface area contributed by atoms with Crippen molar-refractivity contribution in [3.8, 4) is 0 Å². The average molecular weight is 295 g/mol. The van der Waals surface area contributed by atoms with Crippen LogP contribution < -0.4 is 5.32 Å². The summed E-state index contributed by atoms with van der Waals surface area (Å²) in [5, 5.41) is 7.90. The van der Waals surface area contributed by atoms with Crippen LogP contribution in [-0.4, -0.2) is 34.4 Å². The van der Waals surface area contributed by atoms with Crippen LogP contribution in [0.1, 0.15) is 51.1 Å². The van der Waals surface area contributed by atoms with Gasteiger partial charge in [-0.05, 0) is 53.0 Å². The van der Waals surface area contributed by atoms with E-state index in [1.807, 2.05) is 32.4 Å². The van der Waals surface area contributed by atoms with E-state index in [9.17, 15) is 4.79 Å². The summed E-state index contributed by atoms with van der Waals surface area (Å²) in [5.74, 6) is -0.228. The van der Waals surface area contributed by atoms with Crippen LogP contribution in [-0.2, 0) is 22.5 Å². The van der Waals surface area contributed by atoms with E-state index < -0.39 is 5.54 Å². The molecule has 1 atom stereocenters. The number of ether oxygens (including phenoxy) is 1. The molecular formula is C16H29N3O2. The van der Waals surface area contributed by atoms with Crippen molar-refractivity contribution < 1.29 is 9.53 Å². The Kier molecular flexibility index (Phi) is 5.96. The lowest BCUT2D eigenvalue weighted by Crippen LogP contribution is -2.53. The largest absolute Gasteiger partial charge is 0.468 e. The Balaban J connectivity index is 2.89. The van der Waals surface area contributed by atoms with Crippen LogP contribution in [0.3, 0.4) is 0 Å². The van der Waals surface area contributed by atoms with E-state index in [1.165, 1.54) is 18.4 Å². The fourth-order valence-corrected chi connectivity index (χ4v) is 2.89. The zero-order valence-electron chi connectivity index (χ0n) is 14.4. The van der Waals surface area contributed by atoms with Gasteiger partial charge in [0.1, 0.15) is 5.54 Å². The first-order valence-corrected chi connectivity index (χ1v) is 7.64. The lowest BCUT2D eigenvalue weighted by molar-refractivity contribution is -0.148. The Labute approximate surface area is 128 Å². The molecule has 0 radical (unpaired) electrons. The number of carbonyl (C=O) groups is 1. The van der Waals surface area contributed by atoms with Crippen molar-refractivity contribution in [2.75, 3.05) is 7.11 Å². The summed E-state index contributed by atoms with van der Waals surface area (Å²) in [6.07, 6.45) is 1.62. The number of hydrogen-bond acceptors (Lipinski definition) is 4. The minimum Gasteiger partial charge on any atom is -0.468 e. The topological polar surface area (TPSA) is 56.2 Å². The molecule has 0 aliphatic carbocycles. The predicted octanol–water partition coefficient (Wildman–Crippen LogP) is 2.38. The summed E-state index contributed by atoms with van der Waals surface area (Å²) in [6.45, 7) is 12.9. The first kappa shape index (κ1) is 17.7. The van der Waals surface area contributed by atoms with E-state index in [4.69, 9.17) is 4.74 Å². The van der Waals surface area contributed by atoms with Crippen molar-refractivity contribution in [2.45, 2.75) is 72.5 Å². The third-order valence-electron chi connectivity index (χ3n) is 3.95. The molecule has 0 spiro atoms. The van der Waals surface area contributed by atoms with Crippen LogP contribution in [0.25, 0.3) is 0 Å². The van der Waals surface area contributed by atoms with Crippen molar-refractivity contribution in [2.24, 2.45) is 0 Å². The van der Waals surface area contributed by atoms with Crippen molar-refractivity contribution in [1.82, 2.24) is 15.1 Å². The zero-order valence-corrected chi connectivity index (χ0v) is 14.4.